The first kappa shape index (κ1) is 22.5. The van der Waals surface area contributed by atoms with Crippen molar-refractivity contribution in [2.75, 3.05) is 18.1 Å². The number of β-amino-alcohol motifs (C(OH)–C–C–N with tert-alkyl or cyclic N) is 1. The van der Waals surface area contributed by atoms with E-state index in [0.29, 0.717) is 38.1 Å². The molecule has 3 heterocycles. The number of carbonyl (C=O) groups excluding carboxylic acids is 2. The molecule has 1 aliphatic rings. The molecule has 1 amide bonds. The van der Waals surface area contributed by atoms with Crippen LogP contribution >= 0.6 is 23.1 Å². The molecule has 168 valence electrons. The molecular formula is C22H24N4O4S2. The van der Waals surface area contributed by atoms with Gasteiger partial charge in [-0.1, -0.05) is 18.2 Å². The monoisotopic (exact) mass is 472 g/mol. The number of rotatable bonds is 7. The van der Waals surface area contributed by atoms with E-state index in [9.17, 15) is 14.7 Å². The maximum atomic E-state index is 12.5. The predicted molar refractivity (Wildman–Crippen MR) is 125 cm³/mol. The molecule has 10 heteroatoms. The summed E-state index contributed by atoms with van der Waals surface area (Å²) in [5.41, 5.74) is 6.32. The zero-order valence-electron chi connectivity index (χ0n) is 17.8. The quantitative estimate of drug-likeness (QED) is 0.398. The highest BCUT2D eigenvalue weighted by atomic mass is 32.2. The molecule has 32 heavy (non-hydrogen) atoms. The van der Waals surface area contributed by atoms with E-state index in [1.165, 1.54) is 11.3 Å². The Morgan fingerprint density at radius 1 is 1.31 bits per heavy atom. The Balaban J connectivity index is 1.80. The highest BCUT2D eigenvalue weighted by Crippen LogP contribution is 2.39. The van der Waals surface area contributed by atoms with Gasteiger partial charge in [0.1, 0.15) is 27.4 Å². The third-order valence-electron chi connectivity index (χ3n) is 5.27. The lowest BCUT2D eigenvalue weighted by molar-refractivity contribution is -0.119. The molecule has 0 saturated carbocycles. The largest absolute Gasteiger partial charge is 0.462 e. The number of aromatic nitrogens is 2. The molecular weight excluding hydrogens is 448 g/mol. The van der Waals surface area contributed by atoms with Gasteiger partial charge in [-0.25, -0.2) is 14.8 Å². The minimum atomic E-state index is -0.692. The lowest BCUT2D eigenvalue weighted by atomic mass is 10.1. The maximum Gasteiger partial charge on any atom is 0.348 e. The number of fused-ring (bicyclic) bond motifs is 1. The second-order valence-corrected chi connectivity index (χ2v) is 9.53. The number of nitrogens with zero attached hydrogens (tertiary/aromatic N) is 3. The molecule has 3 aromatic rings. The highest BCUT2D eigenvalue weighted by molar-refractivity contribution is 7.98. The van der Waals surface area contributed by atoms with Crippen LogP contribution in [0.4, 0.5) is 5.82 Å². The van der Waals surface area contributed by atoms with Gasteiger partial charge in [-0.15, -0.1) is 23.1 Å². The third-order valence-corrected chi connectivity index (χ3v) is 7.44. The van der Waals surface area contributed by atoms with Crippen LogP contribution in [-0.2, 0) is 15.3 Å². The Morgan fingerprint density at radius 3 is 2.75 bits per heavy atom. The van der Waals surface area contributed by atoms with E-state index in [1.54, 1.807) is 23.6 Å². The first-order valence-electron chi connectivity index (χ1n) is 10.3. The fourth-order valence-electron chi connectivity index (χ4n) is 3.81. The molecule has 1 aliphatic heterocycles. The summed E-state index contributed by atoms with van der Waals surface area (Å²) >= 11 is 2.85. The smallest absolute Gasteiger partial charge is 0.348 e. The second kappa shape index (κ2) is 9.43. The SMILES string of the molecule is CCOC(=O)c1sc2nc(CSc3ccccc3)nc(N3C[C@@H](O)C[C@@H]3C(N)=O)c2c1C. The number of thioether (sulfide) groups is 1. The number of amides is 1. The molecule has 4 rings (SSSR count). The average Bonchev–Trinajstić information content (AvgIpc) is 3.33. The van der Waals surface area contributed by atoms with Crippen LogP contribution in [0.25, 0.3) is 10.2 Å². The number of hydrogen-bond acceptors (Lipinski definition) is 9. The summed E-state index contributed by atoms with van der Waals surface area (Å²) in [5.74, 6) is 0.668. The molecule has 0 bridgehead atoms. The summed E-state index contributed by atoms with van der Waals surface area (Å²) in [5, 5.41) is 10.9. The van der Waals surface area contributed by atoms with E-state index in [1.807, 2.05) is 37.3 Å². The molecule has 0 radical (unpaired) electrons. The summed E-state index contributed by atoms with van der Waals surface area (Å²) in [6, 6.07) is 9.24. The van der Waals surface area contributed by atoms with Crippen LogP contribution in [0.5, 0.6) is 0 Å². The first-order valence-corrected chi connectivity index (χ1v) is 12.1. The van der Waals surface area contributed by atoms with E-state index < -0.39 is 24.0 Å². The maximum absolute atomic E-state index is 12.5. The molecule has 2 atom stereocenters. The van der Waals surface area contributed by atoms with E-state index in [4.69, 9.17) is 20.4 Å². The minimum absolute atomic E-state index is 0.231. The van der Waals surface area contributed by atoms with Crippen LogP contribution in [0.2, 0.25) is 0 Å². The fourth-order valence-corrected chi connectivity index (χ4v) is 5.67. The standard InChI is InChI=1S/C22H24N4O4S2/c1-3-30-22(29)18-12(2)17-20(26-10-13(27)9-15(26)19(23)28)24-16(25-21(17)32-18)11-31-14-7-5-4-6-8-14/h4-8,13,15,27H,3,9-11H2,1-2H3,(H2,23,28)/t13-,15+/m0/s1. The Morgan fingerprint density at radius 2 is 2.06 bits per heavy atom. The normalized spacial score (nSPS) is 18.3. The number of aliphatic hydroxyl groups is 1. The molecule has 2 aromatic heterocycles. The molecule has 3 N–H and O–H groups in total. The van der Waals surface area contributed by atoms with E-state index in [0.717, 1.165) is 4.90 Å². The van der Waals surface area contributed by atoms with Crippen LogP contribution in [0.1, 0.15) is 34.4 Å². The number of nitrogens with two attached hydrogens (primary N) is 1. The van der Waals surface area contributed by atoms with Crippen molar-refractivity contribution in [3.8, 4) is 0 Å². The van der Waals surface area contributed by atoms with Crippen molar-refractivity contribution in [2.24, 2.45) is 5.73 Å². The summed E-state index contributed by atoms with van der Waals surface area (Å²) < 4.78 is 5.21. The fraction of sp³-hybridized carbons (Fsp3) is 0.364. The lowest BCUT2D eigenvalue weighted by Gasteiger charge is -2.24. The van der Waals surface area contributed by atoms with Gasteiger partial charge in [0, 0.05) is 17.9 Å². The molecule has 0 spiro atoms. The Bertz CT molecular complexity index is 1150. The second-order valence-electron chi connectivity index (χ2n) is 7.48. The number of anilines is 1. The van der Waals surface area contributed by atoms with Crippen LogP contribution in [0.3, 0.4) is 0 Å². The number of aryl methyl sites for hydroxylation is 1. The predicted octanol–water partition coefficient (Wildman–Crippen LogP) is 2.89. The van der Waals surface area contributed by atoms with Crippen molar-refractivity contribution in [3.63, 3.8) is 0 Å². The van der Waals surface area contributed by atoms with Gasteiger partial charge in [-0.3, -0.25) is 4.79 Å². The zero-order chi connectivity index (χ0) is 22.8. The van der Waals surface area contributed by atoms with Gasteiger partial charge in [0.15, 0.2) is 0 Å². The lowest BCUT2D eigenvalue weighted by Crippen LogP contribution is -2.41. The Hall–Kier alpha value is -2.69. The number of thiophene rings is 1. The molecule has 8 nitrogen and oxygen atoms in total. The third kappa shape index (κ3) is 4.43. The van der Waals surface area contributed by atoms with Gasteiger partial charge in [0.25, 0.3) is 0 Å². The molecule has 1 aromatic carbocycles. The summed E-state index contributed by atoms with van der Waals surface area (Å²) in [6.45, 7) is 4.08. The van der Waals surface area contributed by atoms with Gasteiger partial charge < -0.3 is 20.5 Å². The van der Waals surface area contributed by atoms with Gasteiger partial charge in [-0.05, 0) is 31.5 Å². The Kier molecular flexibility index (Phi) is 6.63. The van der Waals surface area contributed by atoms with Gasteiger partial charge in [0.05, 0.1) is 23.8 Å². The van der Waals surface area contributed by atoms with Gasteiger partial charge >= 0.3 is 5.97 Å². The van der Waals surface area contributed by atoms with Crippen molar-refractivity contribution in [1.82, 2.24) is 9.97 Å². The van der Waals surface area contributed by atoms with Crippen LogP contribution in [0, 0.1) is 6.92 Å². The summed E-state index contributed by atoms with van der Waals surface area (Å²) in [6.07, 6.45) is -0.453. The molecule has 0 aliphatic carbocycles. The molecule has 1 fully saturated rings. The van der Waals surface area contributed by atoms with Crippen LogP contribution in [-0.4, -0.2) is 52.2 Å². The van der Waals surface area contributed by atoms with Crippen molar-refractivity contribution in [1.29, 1.82) is 0 Å². The molecule has 1 saturated heterocycles. The average molecular weight is 473 g/mol. The van der Waals surface area contributed by atoms with Crippen molar-refractivity contribution < 1.29 is 19.4 Å². The van der Waals surface area contributed by atoms with Gasteiger partial charge in [-0.2, -0.15) is 0 Å². The van der Waals surface area contributed by atoms with E-state index in [2.05, 4.69) is 0 Å². The van der Waals surface area contributed by atoms with Crippen LogP contribution < -0.4 is 10.6 Å². The van der Waals surface area contributed by atoms with Crippen LogP contribution in [0.15, 0.2) is 35.2 Å². The zero-order valence-corrected chi connectivity index (χ0v) is 19.4. The summed E-state index contributed by atoms with van der Waals surface area (Å²) in [4.78, 5) is 38.0. The Labute approximate surface area is 193 Å². The summed E-state index contributed by atoms with van der Waals surface area (Å²) in [7, 11) is 0. The number of primary amides is 1. The number of esters is 1. The van der Waals surface area contributed by atoms with E-state index in [-0.39, 0.29) is 19.6 Å². The van der Waals surface area contributed by atoms with E-state index >= 15 is 0 Å². The number of carbonyl (C=O) groups is 2. The van der Waals surface area contributed by atoms with Gasteiger partial charge in [0.2, 0.25) is 5.91 Å². The topological polar surface area (TPSA) is 119 Å². The van der Waals surface area contributed by atoms with Crippen molar-refractivity contribution >= 4 is 51.0 Å². The number of aliphatic hydroxyl groups excluding tert-OH is 1. The number of benzene rings is 1. The first-order chi connectivity index (χ1) is 15.4. The minimum Gasteiger partial charge on any atom is -0.462 e. The highest BCUT2D eigenvalue weighted by Gasteiger charge is 2.37. The number of hydrogen-bond donors (Lipinski definition) is 2. The van der Waals surface area contributed by atoms with Crippen molar-refractivity contribution in [3.05, 3.63) is 46.6 Å². The van der Waals surface area contributed by atoms with Crippen molar-refractivity contribution in [2.45, 2.75) is 43.1 Å². The number of ether oxygens (including phenoxy) is 1. The molecule has 0 unspecified atom stereocenters.